The van der Waals surface area contributed by atoms with Crippen LogP contribution in [0.25, 0.3) is 11.3 Å². The first kappa shape index (κ1) is 19.4. The van der Waals surface area contributed by atoms with Gasteiger partial charge in [-0.25, -0.2) is 14.0 Å². The molecule has 0 atom stereocenters. The largest absolute Gasteiger partial charge is 0.465 e. The Morgan fingerprint density at radius 3 is 2.42 bits per heavy atom. The molecule has 6 nitrogen and oxygen atoms in total. The van der Waals surface area contributed by atoms with Crippen molar-refractivity contribution in [3.63, 3.8) is 0 Å². The number of aromatic nitrogens is 1. The second kappa shape index (κ2) is 7.95. The average Bonchev–Trinajstić information content (AvgIpc) is 2.58. The normalized spacial score (nSPS) is 11.0. The minimum absolute atomic E-state index is 0.0516. The molecule has 0 bridgehead atoms. The van der Waals surface area contributed by atoms with Gasteiger partial charge in [0.1, 0.15) is 11.4 Å². The van der Waals surface area contributed by atoms with Crippen LogP contribution in [0.5, 0.6) is 0 Å². The van der Waals surface area contributed by atoms with Crippen LogP contribution in [-0.4, -0.2) is 29.8 Å². The fourth-order valence-corrected chi connectivity index (χ4v) is 2.18. The molecule has 0 aliphatic carbocycles. The maximum absolute atomic E-state index is 13.1. The van der Waals surface area contributed by atoms with Crippen LogP contribution in [0.1, 0.15) is 36.7 Å². The van der Waals surface area contributed by atoms with Crippen LogP contribution in [0, 0.1) is 5.82 Å². The summed E-state index contributed by atoms with van der Waals surface area (Å²) < 4.78 is 23.0. The number of rotatable bonds is 4. The Morgan fingerprint density at radius 2 is 1.85 bits per heavy atom. The summed E-state index contributed by atoms with van der Waals surface area (Å²) in [7, 11) is 1.27. The highest BCUT2D eigenvalue weighted by molar-refractivity contribution is 5.92. The number of alkyl carbamates (subject to hydrolysis) is 1. The number of carbonyl (C=O) groups excluding carboxylic acids is 2. The van der Waals surface area contributed by atoms with Crippen LogP contribution >= 0.6 is 0 Å². The molecule has 0 aliphatic heterocycles. The van der Waals surface area contributed by atoms with Crippen LogP contribution in [0.4, 0.5) is 9.18 Å². The first-order valence-corrected chi connectivity index (χ1v) is 7.99. The van der Waals surface area contributed by atoms with Gasteiger partial charge in [0.05, 0.1) is 18.4 Å². The Balaban J connectivity index is 2.24. The molecule has 0 spiro atoms. The van der Waals surface area contributed by atoms with Gasteiger partial charge in [-0.15, -0.1) is 0 Å². The third-order valence-corrected chi connectivity index (χ3v) is 3.35. The number of esters is 1. The van der Waals surface area contributed by atoms with Crippen LogP contribution in [0.2, 0.25) is 0 Å². The average molecular weight is 360 g/mol. The number of hydrogen-bond donors (Lipinski definition) is 1. The summed E-state index contributed by atoms with van der Waals surface area (Å²) in [6.45, 7) is 5.32. The molecule has 0 saturated carbocycles. The lowest BCUT2D eigenvalue weighted by molar-refractivity contribution is 0.0518. The maximum atomic E-state index is 13.1. The monoisotopic (exact) mass is 360 g/mol. The van der Waals surface area contributed by atoms with Gasteiger partial charge >= 0.3 is 12.1 Å². The van der Waals surface area contributed by atoms with E-state index in [1.807, 2.05) is 0 Å². The highest BCUT2D eigenvalue weighted by Crippen LogP contribution is 2.21. The van der Waals surface area contributed by atoms with Gasteiger partial charge in [-0.3, -0.25) is 4.98 Å². The highest BCUT2D eigenvalue weighted by Gasteiger charge is 2.18. The Kier molecular flexibility index (Phi) is 5.92. The Bertz CT molecular complexity index is 798. The molecule has 26 heavy (non-hydrogen) atoms. The molecule has 0 saturated heterocycles. The lowest BCUT2D eigenvalue weighted by Gasteiger charge is -2.20. The number of benzene rings is 1. The first-order valence-electron chi connectivity index (χ1n) is 7.99. The topological polar surface area (TPSA) is 77.5 Å². The lowest BCUT2D eigenvalue weighted by atomic mass is 10.1. The van der Waals surface area contributed by atoms with E-state index >= 15 is 0 Å². The zero-order chi connectivity index (χ0) is 19.3. The van der Waals surface area contributed by atoms with Crippen molar-refractivity contribution in [1.82, 2.24) is 10.3 Å². The van der Waals surface area contributed by atoms with E-state index in [1.165, 1.54) is 25.4 Å². The summed E-state index contributed by atoms with van der Waals surface area (Å²) in [5.41, 5.74) is 1.26. The predicted molar refractivity (Wildman–Crippen MR) is 94.0 cm³/mol. The van der Waals surface area contributed by atoms with Gasteiger partial charge in [0.15, 0.2) is 0 Å². The number of amides is 1. The minimum atomic E-state index is -0.625. The fourth-order valence-electron chi connectivity index (χ4n) is 2.18. The minimum Gasteiger partial charge on any atom is -0.465 e. The molecule has 0 unspecified atom stereocenters. The van der Waals surface area contributed by atoms with Crippen molar-refractivity contribution in [1.29, 1.82) is 0 Å². The van der Waals surface area contributed by atoms with Gasteiger partial charge in [0.2, 0.25) is 0 Å². The van der Waals surface area contributed by atoms with Crippen LogP contribution < -0.4 is 5.32 Å². The standard InChI is InChI=1S/C19H21FN2O4/c1-19(2,3)26-18(24)22-11-13-10-21-16(9-15(13)17(23)25-4)12-5-7-14(20)8-6-12/h5-10H,11H2,1-4H3,(H,22,24). The summed E-state index contributed by atoms with van der Waals surface area (Å²) in [6, 6.07) is 7.31. The molecule has 1 amide bonds. The summed E-state index contributed by atoms with van der Waals surface area (Å²) in [6.07, 6.45) is 0.874. The molecule has 138 valence electrons. The van der Waals surface area contributed by atoms with E-state index in [2.05, 4.69) is 10.3 Å². The summed E-state index contributed by atoms with van der Waals surface area (Å²) in [4.78, 5) is 28.2. The third kappa shape index (κ3) is 5.27. The number of nitrogens with one attached hydrogen (secondary N) is 1. The summed E-state index contributed by atoms with van der Waals surface area (Å²) in [5, 5.41) is 2.58. The second-order valence-corrected chi connectivity index (χ2v) is 6.58. The molecule has 2 rings (SSSR count). The van der Waals surface area contributed by atoms with E-state index < -0.39 is 17.7 Å². The molecule has 2 aromatic rings. The number of hydrogen-bond acceptors (Lipinski definition) is 5. The highest BCUT2D eigenvalue weighted by atomic mass is 19.1. The van der Waals surface area contributed by atoms with Crippen molar-refractivity contribution in [2.75, 3.05) is 7.11 Å². The van der Waals surface area contributed by atoms with Crippen molar-refractivity contribution < 1.29 is 23.5 Å². The van der Waals surface area contributed by atoms with E-state index in [0.717, 1.165) is 0 Å². The van der Waals surface area contributed by atoms with Crippen molar-refractivity contribution in [2.45, 2.75) is 32.9 Å². The smallest absolute Gasteiger partial charge is 0.407 e. The molecular weight excluding hydrogens is 339 g/mol. The van der Waals surface area contributed by atoms with Crippen molar-refractivity contribution in [3.8, 4) is 11.3 Å². The number of nitrogens with zero attached hydrogens (tertiary/aromatic N) is 1. The van der Waals surface area contributed by atoms with Crippen molar-refractivity contribution in [3.05, 3.63) is 53.5 Å². The Morgan fingerprint density at radius 1 is 1.19 bits per heavy atom. The van der Waals surface area contributed by atoms with Gasteiger partial charge in [-0.2, -0.15) is 0 Å². The van der Waals surface area contributed by atoms with Crippen molar-refractivity contribution >= 4 is 12.1 Å². The first-order chi connectivity index (χ1) is 12.2. The van der Waals surface area contributed by atoms with Gasteiger partial charge in [0.25, 0.3) is 0 Å². The molecule has 1 heterocycles. The Hall–Kier alpha value is -2.96. The lowest BCUT2D eigenvalue weighted by Crippen LogP contribution is -2.32. The molecule has 0 aliphatic rings. The van der Waals surface area contributed by atoms with Gasteiger partial charge in [-0.05, 0) is 51.1 Å². The van der Waals surface area contributed by atoms with Gasteiger partial charge in [0, 0.05) is 23.9 Å². The molecular formula is C19H21FN2O4. The van der Waals surface area contributed by atoms with Gasteiger partial charge in [-0.1, -0.05) is 0 Å². The van der Waals surface area contributed by atoms with Crippen LogP contribution in [0.15, 0.2) is 36.5 Å². The molecule has 1 N–H and O–H groups in total. The Labute approximate surface area is 151 Å². The summed E-state index contributed by atoms with van der Waals surface area (Å²) >= 11 is 0. The van der Waals surface area contributed by atoms with E-state index in [9.17, 15) is 14.0 Å². The van der Waals surface area contributed by atoms with E-state index in [1.54, 1.807) is 39.0 Å². The van der Waals surface area contributed by atoms with Crippen LogP contribution in [0.3, 0.4) is 0 Å². The van der Waals surface area contributed by atoms with Gasteiger partial charge < -0.3 is 14.8 Å². The van der Waals surface area contributed by atoms with E-state index in [4.69, 9.17) is 9.47 Å². The van der Waals surface area contributed by atoms with E-state index in [-0.39, 0.29) is 17.9 Å². The van der Waals surface area contributed by atoms with Crippen LogP contribution in [-0.2, 0) is 16.0 Å². The molecule has 0 fully saturated rings. The number of methoxy groups -OCH3 is 1. The number of pyridine rings is 1. The quantitative estimate of drug-likeness (QED) is 0.841. The third-order valence-electron chi connectivity index (χ3n) is 3.35. The SMILES string of the molecule is COC(=O)c1cc(-c2ccc(F)cc2)ncc1CNC(=O)OC(C)(C)C. The second-order valence-electron chi connectivity index (χ2n) is 6.58. The molecule has 1 aromatic heterocycles. The predicted octanol–water partition coefficient (Wildman–Crippen LogP) is 3.70. The molecule has 1 aromatic carbocycles. The fraction of sp³-hybridized carbons (Fsp3) is 0.316. The molecule has 7 heteroatoms. The zero-order valence-corrected chi connectivity index (χ0v) is 15.1. The number of ether oxygens (including phenoxy) is 2. The zero-order valence-electron chi connectivity index (χ0n) is 15.1. The van der Waals surface area contributed by atoms with E-state index in [0.29, 0.717) is 16.8 Å². The summed E-state index contributed by atoms with van der Waals surface area (Å²) in [5.74, 6) is -0.920. The number of carbonyl (C=O) groups is 2. The van der Waals surface area contributed by atoms with Crippen molar-refractivity contribution in [2.24, 2.45) is 0 Å². The molecule has 0 radical (unpaired) electrons. The number of halogens is 1. The maximum Gasteiger partial charge on any atom is 0.407 e.